The Balaban J connectivity index is 3.36. The highest BCUT2D eigenvalue weighted by molar-refractivity contribution is 14.1. The normalized spacial score (nSPS) is 9.92. The van der Waals surface area contributed by atoms with E-state index in [1.54, 1.807) is 22.6 Å². The minimum absolute atomic E-state index is 0.148. The number of nitrogens with two attached hydrogens (primary N) is 1. The minimum Gasteiger partial charge on any atom is -0.397 e. The first kappa shape index (κ1) is 9.44. The third kappa shape index (κ3) is 1.57. The molecule has 0 aromatic heterocycles. The molecule has 0 heterocycles. The Hall–Kier alpha value is -0.650. The number of nitrogen functional groups attached to an aromatic ring is 1. The van der Waals surface area contributed by atoms with Gasteiger partial charge in [-0.15, -0.1) is 0 Å². The molecule has 0 aliphatic rings. The molecule has 1 aromatic carbocycles. The number of halogens is 2. The van der Waals surface area contributed by atoms with E-state index in [0.717, 1.165) is 0 Å². The first-order valence-electron chi connectivity index (χ1n) is 3.28. The standard InChI is InChI=1S/C8H7FINO/c1-4(12)5-2-3-6(9)7(10)8(5)11/h2-3H,11H2,1H3. The number of anilines is 1. The average molecular weight is 279 g/mol. The molecule has 2 nitrogen and oxygen atoms in total. The summed E-state index contributed by atoms with van der Waals surface area (Å²) < 4.78 is 13.1. The lowest BCUT2D eigenvalue weighted by Gasteiger charge is -2.04. The monoisotopic (exact) mass is 279 g/mol. The van der Waals surface area contributed by atoms with Gasteiger partial charge in [-0.05, 0) is 41.6 Å². The van der Waals surface area contributed by atoms with Crippen molar-refractivity contribution in [1.29, 1.82) is 0 Å². The van der Waals surface area contributed by atoms with E-state index < -0.39 is 5.82 Å². The summed E-state index contributed by atoms with van der Waals surface area (Å²) in [5.74, 6) is -0.538. The molecule has 0 amide bonds. The maximum Gasteiger partial charge on any atom is 0.161 e. The molecule has 0 saturated heterocycles. The summed E-state index contributed by atoms with van der Waals surface area (Å²) in [5.41, 5.74) is 6.12. The Bertz CT molecular complexity index is 338. The van der Waals surface area contributed by atoms with Crippen molar-refractivity contribution >= 4 is 34.1 Å². The summed E-state index contributed by atoms with van der Waals surface area (Å²) in [6, 6.07) is 2.64. The fourth-order valence-corrected chi connectivity index (χ4v) is 1.34. The Kier molecular flexibility index (Phi) is 2.66. The molecular formula is C8H7FINO. The van der Waals surface area contributed by atoms with Gasteiger partial charge in [0.15, 0.2) is 5.78 Å². The predicted molar refractivity (Wildman–Crippen MR) is 53.5 cm³/mol. The van der Waals surface area contributed by atoms with Crippen LogP contribution in [0, 0.1) is 9.39 Å². The van der Waals surface area contributed by atoms with E-state index in [4.69, 9.17) is 5.73 Å². The molecule has 0 atom stereocenters. The number of benzene rings is 1. The highest BCUT2D eigenvalue weighted by Gasteiger charge is 2.10. The summed E-state index contributed by atoms with van der Waals surface area (Å²) in [6.07, 6.45) is 0. The van der Waals surface area contributed by atoms with E-state index in [1.165, 1.54) is 19.1 Å². The molecule has 12 heavy (non-hydrogen) atoms. The molecule has 64 valence electrons. The maximum atomic E-state index is 12.8. The second-order valence-electron chi connectivity index (χ2n) is 2.38. The first-order chi connectivity index (χ1) is 5.54. The molecule has 1 rings (SSSR count). The third-order valence-corrected chi connectivity index (χ3v) is 2.61. The van der Waals surface area contributed by atoms with Crippen LogP contribution in [0.5, 0.6) is 0 Å². The van der Waals surface area contributed by atoms with Crippen LogP contribution in [0.4, 0.5) is 10.1 Å². The molecule has 0 radical (unpaired) electrons. The SMILES string of the molecule is CC(=O)c1ccc(F)c(I)c1N. The molecule has 4 heteroatoms. The van der Waals surface area contributed by atoms with Crippen LogP contribution in [-0.4, -0.2) is 5.78 Å². The van der Waals surface area contributed by atoms with Gasteiger partial charge in [-0.3, -0.25) is 4.79 Å². The molecule has 0 aliphatic heterocycles. The molecule has 0 saturated carbocycles. The minimum atomic E-state index is -0.391. The van der Waals surface area contributed by atoms with Crippen LogP contribution in [0.2, 0.25) is 0 Å². The number of rotatable bonds is 1. The fraction of sp³-hybridized carbons (Fsp3) is 0.125. The summed E-state index contributed by atoms with van der Waals surface area (Å²) in [4.78, 5) is 10.9. The highest BCUT2D eigenvalue weighted by Crippen LogP contribution is 2.22. The second kappa shape index (κ2) is 3.38. The van der Waals surface area contributed by atoms with E-state index in [-0.39, 0.29) is 11.5 Å². The lowest BCUT2D eigenvalue weighted by molar-refractivity contribution is 0.101. The Morgan fingerprint density at radius 1 is 1.58 bits per heavy atom. The number of hydrogen-bond acceptors (Lipinski definition) is 2. The lowest BCUT2D eigenvalue weighted by Crippen LogP contribution is -2.03. The van der Waals surface area contributed by atoms with Gasteiger partial charge in [0.2, 0.25) is 0 Å². The van der Waals surface area contributed by atoms with Crippen molar-refractivity contribution < 1.29 is 9.18 Å². The fourth-order valence-electron chi connectivity index (χ4n) is 0.873. The maximum absolute atomic E-state index is 12.8. The average Bonchev–Trinajstić information content (AvgIpc) is 2.00. The largest absolute Gasteiger partial charge is 0.397 e. The number of hydrogen-bond donors (Lipinski definition) is 1. The van der Waals surface area contributed by atoms with E-state index in [1.807, 2.05) is 0 Å². The van der Waals surface area contributed by atoms with Gasteiger partial charge >= 0.3 is 0 Å². The number of carbonyl (C=O) groups excluding carboxylic acids is 1. The zero-order valence-corrected chi connectivity index (χ0v) is 8.55. The van der Waals surface area contributed by atoms with Crippen LogP contribution in [0.3, 0.4) is 0 Å². The zero-order valence-electron chi connectivity index (χ0n) is 6.40. The van der Waals surface area contributed by atoms with Crippen molar-refractivity contribution in [3.05, 3.63) is 27.1 Å². The van der Waals surface area contributed by atoms with E-state index in [9.17, 15) is 9.18 Å². The van der Waals surface area contributed by atoms with Gasteiger partial charge in [0.1, 0.15) is 5.82 Å². The lowest BCUT2D eigenvalue weighted by atomic mass is 10.1. The molecule has 0 spiro atoms. The van der Waals surface area contributed by atoms with Gasteiger partial charge in [0, 0.05) is 5.56 Å². The van der Waals surface area contributed by atoms with Crippen molar-refractivity contribution in [1.82, 2.24) is 0 Å². The molecule has 1 aromatic rings. The van der Waals surface area contributed by atoms with Crippen LogP contribution >= 0.6 is 22.6 Å². The smallest absolute Gasteiger partial charge is 0.161 e. The van der Waals surface area contributed by atoms with Crippen molar-refractivity contribution in [3.63, 3.8) is 0 Å². The second-order valence-corrected chi connectivity index (χ2v) is 3.46. The summed E-state index contributed by atoms with van der Waals surface area (Å²) in [7, 11) is 0. The Morgan fingerprint density at radius 3 is 2.67 bits per heavy atom. The summed E-state index contributed by atoms with van der Waals surface area (Å²) >= 11 is 1.78. The van der Waals surface area contributed by atoms with Crippen molar-refractivity contribution in [3.8, 4) is 0 Å². The van der Waals surface area contributed by atoms with E-state index in [0.29, 0.717) is 9.13 Å². The van der Waals surface area contributed by atoms with Gasteiger partial charge in [-0.2, -0.15) is 0 Å². The van der Waals surface area contributed by atoms with Gasteiger partial charge in [-0.1, -0.05) is 0 Å². The van der Waals surface area contributed by atoms with Crippen LogP contribution in [0.1, 0.15) is 17.3 Å². The number of ketones is 1. The number of carbonyl (C=O) groups is 1. The molecule has 0 bridgehead atoms. The first-order valence-corrected chi connectivity index (χ1v) is 4.36. The van der Waals surface area contributed by atoms with E-state index in [2.05, 4.69) is 0 Å². The Morgan fingerprint density at radius 2 is 2.17 bits per heavy atom. The van der Waals surface area contributed by atoms with Crippen LogP contribution in [0.15, 0.2) is 12.1 Å². The number of Topliss-reactive ketones (excluding diaryl/α,β-unsaturated/α-hetero) is 1. The molecular weight excluding hydrogens is 272 g/mol. The third-order valence-electron chi connectivity index (χ3n) is 1.51. The van der Waals surface area contributed by atoms with Crippen molar-refractivity contribution in [2.24, 2.45) is 0 Å². The van der Waals surface area contributed by atoms with Crippen LogP contribution in [0.25, 0.3) is 0 Å². The van der Waals surface area contributed by atoms with Crippen molar-refractivity contribution in [2.45, 2.75) is 6.92 Å². The summed E-state index contributed by atoms with van der Waals surface area (Å²) in [5, 5.41) is 0. The predicted octanol–water partition coefficient (Wildman–Crippen LogP) is 2.22. The van der Waals surface area contributed by atoms with Crippen LogP contribution < -0.4 is 5.73 Å². The van der Waals surface area contributed by atoms with Gasteiger partial charge in [-0.25, -0.2) is 4.39 Å². The van der Waals surface area contributed by atoms with Gasteiger partial charge in [0.05, 0.1) is 9.26 Å². The van der Waals surface area contributed by atoms with Gasteiger partial charge < -0.3 is 5.73 Å². The van der Waals surface area contributed by atoms with E-state index >= 15 is 0 Å². The molecule has 2 N–H and O–H groups in total. The molecule has 0 aliphatic carbocycles. The molecule has 0 fully saturated rings. The summed E-state index contributed by atoms with van der Waals surface area (Å²) in [6.45, 7) is 1.40. The van der Waals surface area contributed by atoms with Crippen LogP contribution in [-0.2, 0) is 0 Å². The topological polar surface area (TPSA) is 43.1 Å². The van der Waals surface area contributed by atoms with Gasteiger partial charge in [0.25, 0.3) is 0 Å². The Labute approximate surface area is 83.1 Å². The molecule has 0 unspecified atom stereocenters. The zero-order chi connectivity index (χ0) is 9.30. The highest BCUT2D eigenvalue weighted by atomic mass is 127. The van der Waals surface area contributed by atoms with Crippen molar-refractivity contribution in [2.75, 3.05) is 5.73 Å². The quantitative estimate of drug-likeness (QED) is 0.486.